The molecular weight excluding hydrogens is 382 g/mol. The summed E-state index contributed by atoms with van der Waals surface area (Å²) in [7, 11) is 0. The van der Waals surface area contributed by atoms with Crippen molar-refractivity contribution < 1.29 is 19.5 Å². The lowest BCUT2D eigenvalue weighted by Crippen LogP contribution is -2.43. The summed E-state index contributed by atoms with van der Waals surface area (Å²) in [4.78, 5) is 38.0. The van der Waals surface area contributed by atoms with Crippen molar-refractivity contribution in [3.8, 4) is 0 Å². The van der Waals surface area contributed by atoms with E-state index in [9.17, 15) is 19.5 Å². The number of benzene rings is 2. The fourth-order valence-corrected chi connectivity index (χ4v) is 5.10. The first-order chi connectivity index (χ1) is 13.1. The van der Waals surface area contributed by atoms with Crippen LogP contribution < -0.4 is 0 Å². The molecule has 2 aromatic carbocycles. The van der Waals surface area contributed by atoms with Gasteiger partial charge >= 0.3 is 5.97 Å². The lowest BCUT2D eigenvalue weighted by atomic mass is 10.1. The van der Waals surface area contributed by atoms with Gasteiger partial charge in [0.2, 0.25) is 11.0 Å². The number of carboxylic acid groups (broad SMARTS) is 1. The maximum Gasteiger partial charge on any atom is 0.327 e. The van der Waals surface area contributed by atoms with Gasteiger partial charge < -0.3 is 10.0 Å². The Hall–Kier alpha value is -2.25. The molecule has 1 saturated heterocycles. The third kappa shape index (κ3) is 4.73. The Morgan fingerprint density at radius 1 is 1.04 bits per heavy atom. The van der Waals surface area contributed by atoms with E-state index in [1.54, 1.807) is 24.3 Å². The molecule has 7 heteroatoms. The summed E-state index contributed by atoms with van der Waals surface area (Å²) in [5.74, 6) is -0.560. The largest absolute Gasteiger partial charge is 0.480 e. The van der Waals surface area contributed by atoms with Crippen molar-refractivity contribution in [3.05, 3.63) is 71.8 Å². The molecule has 3 rings (SSSR count). The van der Waals surface area contributed by atoms with Crippen LogP contribution in [0.15, 0.2) is 60.7 Å². The van der Waals surface area contributed by atoms with Crippen molar-refractivity contribution in [2.45, 2.75) is 17.8 Å². The van der Waals surface area contributed by atoms with Crippen LogP contribution in [0.4, 0.5) is 0 Å². The van der Waals surface area contributed by atoms with Crippen LogP contribution in [0.2, 0.25) is 0 Å². The van der Waals surface area contributed by atoms with Gasteiger partial charge in [0, 0.05) is 23.5 Å². The van der Waals surface area contributed by atoms with Gasteiger partial charge in [0.25, 0.3) is 0 Å². The molecule has 1 N–H and O–H groups in total. The molecule has 0 unspecified atom stereocenters. The molecule has 1 heterocycles. The van der Waals surface area contributed by atoms with Crippen molar-refractivity contribution >= 4 is 40.5 Å². The number of carbonyl (C=O) groups excluding carboxylic acids is 2. The third-order valence-electron chi connectivity index (χ3n) is 4.22. The van der Waals surface area contributed by atoms with Crippen molar-refractivity contribution in [1.29, 1.82) is 0 Å². The molecule has 0 aliphatic carbocycles. The summed E-state index contributed by atoms with van der Waals surface area (Å²) < 4.78 is 0. The Balaban J connectivity index is 1.65. The molecule has 140 valence electrons. The van der Waals surface area contributed by atoms with Crippen LogP contribution in [-0.4, -0.2) is 44.5 Å². The van der Waals surface area contributed by atoms with Crippen molar-refractivity contribution in [2.24, 2.45) is 0 Å². The van der Waals surface area contributed by atoms with Crippen molar-refractivity contribution in [3.63, 3.8) is 0 Å². The van der Waals surface area contributed by atoms with Gasteiger partial charge in [0.15, 0.2) is 0 Å². The van der Waals surface area contributed by atoms with E-state index in [-0.39, 0.29) is 22.8 Å². The van der Waals surface area contributed by atoms with E-state index in [1.807, 2.05) is 36.4 Å². The number of nitrogens with zero attached hydrogens (tertiary/aromatic N) is 1. The molecule has 27 heavy (non-hydrogen) atoms. The van der Waals surface area contributed by atoms with Crippen LogP contribution in [0.5, 0.6) is 0 Å². The van der Waals surface area contributed by atoms with Crippen LogP contribution in [0.3, 0.4) is 0 Å². The summed E-state index contributed by atoms with van der Waals surface area (Å²) >= 11 is 2.54. The second-order valence-electron chi connectivity index (χ2n) is 6.00. The Morgan fingerprint density at radius 2 is 1.67 bits per heavy atom. The number of carbonyl (C=O) groups is 3. The normalized spacial score (nSPS) is 19.0. The standard InChI is InChI=1S/C20H19NO4S2/c22-17(11-12-26-20(25)15-9-5-2-6-10-15)21-16(19(23)24)13-27-18(21)14-7-3-1-4-8-14/h1-10,16,18H,11-13H2,(H,23,24)/t16-,18+/m0/s1. The Bertz CT molecular complexity index is 813. The highest BCUT2D eigenvalue weighted by Gasteiger charge is 2.41. The van der Waals surface area contributed by atoms with Gasteiger partial charge in [-0.3, -0.25) is 9.59 Å². The fraction of sp³-hybridized carbons (Fsp3) is 0.250. The predicted molar refractivity (Wildman–Crippen MR) is 108 cm³/mol. The highest BCUT2D eigenvalue weighted by Crippen LogP contribution is 2.41. The molecule has 1 fully saturated rings. The summed E-state index contributed by atoms with van der Waals surface area (Å²) in [6, 6.07) is 17.5. The predicted octanol–water partition coefficient (Wildman–Crippen LogP) is 3.68. The number of hydrogen-bond donors (Lipinski definition) is 1. The van der Waals surface area contributed by atoms with Crippen LogP contribution in [0.1, 0.15) is 27.7 Å². The average Bonchev–Trinajstić information content (AvgIpc) is 3.15. The molecule has 1 amide bonds. The smallest absolute Gasteiger partial charge is 0.327 e. The molecule has 2 aromatic rings. The lowest BCUT2D eigenvalue weighted by molar-refractivity contribution is -0.149. The van der Waals surface area contributed by atoms with Gasteiger partial charge in [-0.1, -0.05) is 72.4 Å². The van der Waals surface area contributed by atoms with Gasteiger partial charge in [-0.15, -0.1) is 11.8 Å². The Kier molecular flexibility index (Phi) is 6.58. The summed E-state index contributed by atoms with van der Waals surface area (Å²) in [6.45, 7) is 0. The SMILES string of the molecule is O=C(SCCC(=O)N1[C@@H](c2ccccc2)SC[C@H]1C(=O)O)c1ccccc1. The van der Waals surface area contributed by atoms with E-state index in [4.69, 9.17) is 0 Å². The second kappa shape index (κ2) is 9.10. The minimum atomic E-state index is -0.998. The number of rotatable bonds is 6. The number of carboxylic acids is 1. The maximum absolute atomic E-state index is 12.8. The van der Waals surface area contributed by atoms with Gasteiger partial charge in [-0.2, -0.15) is 0 Å². The molecule has 0 saturated carbocycles. The lowest BCUT2D eigenvalue weighted by Gasteiger charge is -2.27. The van der Waals surface area contributed by atoms with Crippen LogP contribution in [0, 0.1) is 0 Å². The maximum atomic E-state index is 12.8. The zero-order chi connectivity index (χ0) is 19.2. The van der Waals surface area contributed by atoms with Gasteiger partial charge in [0.05, 0.1) is 0 Å². The fourth-order valence-electron chi connectivity index (χ4n) is 2.89. The molecule has 5 nitrogen and oxygen atoms in total. The minimum absolute atomic E-state index is 0.0893. The first-order valence-corrected chi connectivity index (χ1v) is 10.5. The Morgan fingerprint density at radius 3 is 2.30 bits per heavy atom. The van der Waals surface area contributed by atoms with Crippen LogP contribution in [-0.2, 0) is 9.59 Å². The molecular formula is C20H19NO4S2. The molecule has 0 aromatic heterocycles. The molecule has 1 aliphatic rings. The summed E-state index contributed by atoms with van der Waals surface area (Å²) in [5.41, 5.74) is 1.50. The number of amides is 1. The van der Waals surface area contributed by atoms with Crippen LogP contribution >= 0.6 is 23.5 Å². The van der Waals surface area contributed by atoms with Crippen molar-refractivity contribution in [1.82, 2.24) is 4.90 Å². The number of hydrogen-bond acceptors (Lipinski definition) is 5. The minimum Gasteiger partial charge on any atom is -0.480 e. The first-order valence-electron chi connectivity index (χ1n) is 8.50. The molecule has 0 spiro atoms. The zero-order valence-electron chi connectivity index (χ0n) is 14.5. The van der Waals surface area contributed by atoms with E-state index < -0.39 is 12.0 Å². The molecule has 1 aliphatic heterocycles. The monoisotopic (exact) mass is 401 g/mol. The van der Waals surface area contributed by atoms with E-state index in [1.165, 1.54) is 16.7 Å². The summed E-state index contributed by atoms with van der Waals surface area (Å²) in [5, 5.41) is 9.09. The quantitative estimate of drug-likeness (QED) is 0.796. The number of thioether (sulfide) groups is 2. The Labute approximate surface area is 166 Å². The molecule has 0 radical (unpaired) electrons. The van der Waals surface area contributed by atoms with Crippen LogP contribution in [0.25, 0.3) is 0 Å². The highest BCUT2D eigenvalue weighted by atomic mass is 32.2. The van der Waals surface area contributed by atoms with E-state index in [2.05, 4.69) is 0 Å². The van der Waals surface area contributed by atoms with Crippen molar-refractivity contribution in [2.75, 3.05) is 11.5 Å². The highest BCUT2D eigenvalue weighted by molar-refractivity contribution is 8.14. The van der Waals surface area contributed by atoms with Gasteiger partial charge in [0.1, 0.15) is 11.4 Å². The van der Waals surface area contributed by atoms with E-state index in [0.29, 0.717) is 17.1 Å². The molecule has 0 bridgehead atoms. The zero-order valence-corrected chi connectivity index (χ0v) is 16.1. The van der Waals surface area contributed by atoms with Gasteiger partial charge in [-0.05, 0) is 5.56 Å². The van der Waals surface area contributed by atoms with E-state index in [0.717, 1.165) is 17.3 Å². The number of aliphatic carboxylic acids is 1. The molecule has 2 atom stereocenters. The van der Waals surface area contributed by atoms with E-state index >= 15 is 0 Å². The average molecular weight is 402 g/mol. The first kappa shape index (κ1) is 19.5. The second-order valence-corrected chi connectivity index (χ2v) is 8.18. The van der Waals surface area contributed by atoms with Gasteiger partial charge in [-0.25, -0.2) is 4.79 Å². The summed E-state index contributed by atoms with van der Waals surface area (Å²) in [6.07, 6.45) is 0.122. The topological polar surface area (TPSA) is 74.7 Å². The third-order valence-corrected chi connectivity index (χ3v) is 6.45.